The zero-order chi connectivity index (χ0) is 18.8. The van der Waals surface area contributed by atoms with Gasteiger partial charge in [0.2, 0.25) is 0 Å². The van der Waals surface area contributed by atoms with E-state index >= 15 is 0 Å². The number of carbonyl (C=O) groups excluding carboxylic acids is 1. The van der Waals surface area contributed by atoms with Gasteiger partial charge >= 0.3 is 0 Å². The number of aromatic nitrogens is 3. The molecule has 4 rings (SSSR count). The highest BCUT2D eigenvalue weighted by atomic mass is 16.2. The molecular formula is C21H23N5O. The third-order valence-corrected chi connectivity index (χ3v) is 5.33. The third kappa shape index (κ3) is 3.47. The van der Waals surface area contributed by atoms with E-state index in [0.717, 1.165) is 48.2 Å². The van der Waals surface area contributed by atoms with E-state index in [2.05, 4.69) is 26.9 Å². The zero-order valence-corrected chi connectivity index (χ0v) is 15.7. The molecule has 0 radical (unpaired) electrons. The van der Waals surface area contributed by atoms with Crippen LogP contribution in [-0.4, -0.2) is 51.9 Å². The third-order valence-electron chi connectivity index (χ3n) is 5.33. The fraction of sp³-hybridized carbons (Fsp3) is 0.333. The fourth-order valence-corrected chi connectivity index (χ4v) is 3.72. The van der Waals surface area contributed by atoms with E-state index in [1.807, 2.05) is 48.2 Å². The molecule has 0 aliphatic carbocycles. The highest BCUT2D eigenvalue weighted by Gasteiger charge is 2.27. The first kappa shape index (κ1) is 17.4. The molecule has 0 unspecified atom stereocenters. The molecule has 1 aromatic carbocycles. The number of carbonyl (C=O) groups is 1. The van der Waals surface area contributed by atoms with Gasteiger partial charge in [-0.1, -0.05) is 24.3 Å². The number of pyridine rings is 1. The van der Waals surface area contributed by atoms with E-state index < -0.39 is 0 Å². The Morgan fingerprint density at radius 1 is 1.11 bits per heavy atom. The topological polar surface area (TPSA) is 62.2 Å². The average Bonchev–Trinajstić information content (AvgIpc) is 2.72. The quantitative estimate of drug-likeness (QED) is 0.717. The van der Waals surface area contributed by atoms with Gasteiger partial charge in [-0.2, -0.15) is 0 Å². The van der Waals surface area contributed by atoms with Crippen molar-refractivity contribution in [3.8, 4) is 0 Å². The van der Waals surface area contributed by atoms with Gasteiger partial charge in [0, 0.05) is 49.5 Å². The Balaban J connectivity index is 1.46. The first-order valence-corrected chi connectivity index (χ1v) is 9.28. The number of nitrogens with zero attached hydrogens (tertiary/aromatic N) is 5. The van der Waals surface area contributed by atoms with E-state index in [9.17, 15) is 4.79 Å². The SMILES string of the molecule is Cc1cc(N(C)C2CCN(C(=O)c3nccc4ccccc34)CC2)ncn1. The Hall–Kier alpha value is -3.02. The van der Waals surface area contributed by atoms with Crippen LogP contribution in [0.3, 0.4) is 0 Å². The lowest BCUT2D eigenvalue weighted by Gasteiger charge is -2.37. The summed E-state index contributed by atoms with van der Waals surface area (Å²) in [5, 5.41) is 1.96. The molecule has 0 spiro atoms. The first-order valence-electron chi connectivity index (χ1n) is 9.28. The lowest BCUT2D eigenvalue weighted by molar-refractivity contribution is 0.0709. The summed E-state index contributed by atoms with van der Waals surface area (Å²) in [6.45, 7) is 3.42. The number of benzene rings is 1. The highest BCUT2D eigenvalue weighted by Crippen LogP contribution is 2.23. The van der Waals surface area contributed by atoms with Crippen LogP contribution in [0.2, 0.25) is 0 Å². The second-order valence-corrected chi connectivity index (χ2v) is 7.03. The lowest BCUT2D eigenvalue weighted by Crippen LogP contribution is -2.46. The van der Waals surface area contributed by atoms with Gasteiger partial charge in [0.15, 0.2) is 0 Å². The van der Waals surface area contributed by atoms with Gasteiger partial charge < -0.3 is 9.80 Å². The monoisotopic (exact) mass is 361 g/mol. The van der Waals surface area contributed by atoms with Crippen molar-refractivity contribution in [1.29, 1.82) is 0 Å². The maximum atomic E-state index is 13.0. The summed E-state index contributed by atoms with van der Waals surface area (Å²) in [4.78, 5) is 30.1. The molecule has 3 heterocycles. The van der Waals surface area contributed by atoms with Crippen LogP contribution in [0.1, 0.15) is 29.0 Å². The standard InChI is InChI=1S/C21H23N5O/c1-15-13-19(24-14-23-15)25(2)17-8-11-26(12-9-17)21(27)20-18-6-4-3-5-16(18)7-10-22-20/h3-7,10,13-14,17H,8-9,11-12H2,1-2H3. The molecule has 6 heteroatoms. The molecule has 1 aliphatic heterocycles. The van der Waals surface area contributed by atoms with Crippen LogP contribution in [0.15, 0.2) is 48.9 Å². The zero-order valence-electron chi connectivity index (χ0n) is 15.7. The van der Waals surface area contributed by atoms with E-state index in [1.54, 1.807) is 12.5 Å². The van der Waals surface area contributed by atoms with Gasteiger partial charge in [0.25, 0.3) is 5.91 Å². The number of fused-ring (bicyclic) bond motifs is 1. The summed E-state index contributed by atoms with van der Waals surface area (Å²) in [7, 11) is 2.07. The minimum atomic E-state index is 0.0192. The maximum absolute atomic E-state index is 13.0. The number of anilines is 1. The predicted molar refractivity (Wildman–Crippen MR) is 106 cm³/mol. The van der Waals surface area contributed by atoms with Crippen LogP contribution in [0.5, 0.6) is 0 Å². The van der Waals surface area contributed by atoms with Crippen LogP contribution < -0.4 is 4.90 Å². The summed E-state index contributed by atoms with van der Waals surface area (Å²) in [5.74, 6) is 0.953. The molecule has 0 bridgehead atoms. The number of hydrogen-bond donors (Lipinski definition) is 0. The summed E-state index contributed by atoms with van der Waals surface area (Å²) in [6, 6.07) is 12.2. The molecular weight excluding hydrogens is 338 g/mol. The summed E-state index contributed by atoms with van der Waals surface area (Å²) < 4.78 is 0. The fourth-order valence-electron chi connectivity index (χ4n) is 3.72. The van der Waals surface area contributed by atoms with Crippen LogP contribution in [-0.2, 0) is 0 Å². The van der Waals surface area contributed by atoms with Crippen molar-refractivity contribution in [1.82, 2.24) is 19.9 Å². The number of hydrogen-bond acceptors (Lipinski definition) is 5. The summed E-state index contributed by atoms with van der Waals surface area (Å²) in [5.41, 5.74) is 1.51. The van der Waals surface area contributed by atoms with Crippen molar-refractivity contribution in [3.05, 3.63) is 60.3 Å². The molecule has 27 heavy (non-hydrogen) atoms. The first-order chi connectivity index (χ1) is 13.1. The molecule has 3 aromatic rings. The van der Waals surface area contributed by atoms with Crippen LogP contribution in [0.25, 0.3) is 10.8 Å². The number of likely N-dealkylation sites (tertiary alicyclic amines) is 1. The van der Waals surface area contributed by atoms with Gasteiger partial charge in [-0.3, -0.25) is 9.78 Å². The molecule has 1 amide bonds. The van der Waals surface area contributed by atoms with Crippen molar-refractivity contribution in [3.63, 3.8) is 0 Å². The summed E-state index contributed by atoms with van der Waals surface area (Å²) >= 11 is 0. The van der Waals surface area contributed by atoms with Gasteiger partial charge in [-0.15, -0.1) is 0 Å². The van der Waals surface area contributed by atoms with Crippen molar-refractivity contribution in [2.45, 2.75) is 25.8 Å². The molecule has 1 aliphatic rings. The molecule has 138 valence electrons. The Labute approximate surface area is 158 Å². The van der Waals surface area contributed by atoms with Crippen LogP contribution in [0.4, 0.5) is 5.82 Å². The number of rotatable bonds is 3. The second-order valence-electron chi connectivity index (χ2n) is 7.03. The summed E-state index contributed by atoms with van der Waals surface area (Å²) in [6.07, 6.45) is 5.14. The normalized spacial score (nSPS) is 15.1. The molecule has 0 atom stereocenters. The van der Waals surface area contributed by atoms with Gasteiger partial charge in [-0.25, -0.2) is 9.97 Å². The van der Waals surface area contributed by atoms with Crippen molar-refractivity contribution < 1.29 is 4.79 Å². The highest BCUT2D eigenvalue weighted by molar-refractivity contribution is 6.05. The van der Waals surface area contributed by atoms with Gasteiger partial charge in [0.05, 0.1) is 0 Å². The Kier molecular flexibility index (Phi) is 4.71. The van der Waals surface area contributed by atoms with Crippen molar-refractivity contribution >= 4 is 22.5 Å². The van der Waals surface area contributed by atoms with E-state index in [1.165, 1.54) is 0 Å². The average molecular weight is 361 g/mol. The van der Waals surface area contributed by atoms with Crippen LogP contribution in [0, 0.1) is 6.92 Å². The van der Waals surface area contributed by atoms with Gasteiger partial charge in [-0.05, 0) is 31.2 Å². The second kappa shape index (κ2) is 7.31. The molecule has 1 saturated heterocycles. The minimum absolute atomic E-state index is 0.0192. The van der Waals surface area contributed by atoms with Crippen molar-refractivity contribution in [2.24, 2.45) is 0 Å². The number of amides is 1. The molecule has 0 N–H and O–H groups in total. The van der Waals surface area contributed by atoms with E-state index in [0.29, 0.717) is 11.7 Å². The Morgan fingerprint density at radius 3 is 2.67 bits per heavy atom. The number of aryl methyl sites for hydroxylation is 1. The molecule has 1 fully saturated rings. The van der Waals surface area contributed by atoms with E-state index in [4.69, 9.17) is 0 Å². The maximum Gasteiger partial charge on any atom is 0.273 e. The largest absolute Gasteiger partial charge is 0.356 e. The number of piperidine rings is 1. The lowest BCUT2D eigenvalue weighted by atomic mass is 10.0. The predicted octanol–water partition coefficient (Wildman–Crippen LogP) is 3.07. The van der Waals surface area contributed by atoms with Gasteiger partial charge in [0.1, 0.15) is 17.8 Å². The Bertz CT molecular complexity index is 960. The molecule has 0 saturated carbocycles. The molecule has 6 nitrogen and oxygen atoms in total. The Morgan fingerprint density at radius 2 is 1.89 bits per heavy atom. The molecule has 2 aromatic heterocycles. The van der Waals surface area contributed by atoms with Crippen molar-refractivity contribution in [2.75, 3.05) is 25.0 Å². The minimum Gasteiger partial charge on any atom is -0.356 e. The van der Waals surface area contributed by atoms with Crippen LogP contribution >= 0.6 is 0 Å². The van der Waals surface area contributed by atoms with E-state index in [-0.39, 0.29) is 5.91 Å². The smallest absolute Gasteiger partial charge is 0.273 e.